The van der Waals surface area contributed by atoms with Gasteiger partial charge in [0.25, 0.3) is 0 Å². The summed E-state index contributed by atoms with van der Waals surface area (Å²) in [4.78, 5) is 0. The lowest BCUT2D eigenvalue weighted by Crippen LogP contribution is -2.41. The van der Waals surface area contributed by atoms with Crippen LogP contribution in [0.4, 0.5) is 0 Å². The minimum Gasteiger partial charge on any atom is -0.497 e. The minimum absolute atomic E-state index is 0. The molecule has 0 aliphatic heterocycles. The summed E-state index contributed by atoms with van der Waals surface area (Å²) >= 11 is 0. The normalized spacial score (nSPS) is 11.6. The van der Waals surface area contributed by atoms with Gasteiger partial charge in [-0.25, -0.2) is 5.43 Å². The van der Waals surface area contributed by atoms with Crippen molar-refractivity contribution in [3.63, 3.8) is 0 Å². The van der Waals surface area contributed by atoms with E-state index >= 15 is 0 Å². The fraction of sp³-hybridized carbons (Fsp3) is 0.600. The number of benzene rings is 1. The van der Waals surface area contributed by atoms with E-state index in [-0.39, 0.29) is 11.6 Å². The van der Waals surface area contributed by atoms with Crippen molar-refractivity contribution in [3.05, 3.63) is 24.3 Å². The second-order valence-corrected chi connectivity index (χ2v) is 4.85. The third-order valence-corrected chi connectivity index (χ3v) is 3.20. The van der Waals surface area contributed by atoms with Gasteiger partial charge in [0.15, 0.2) is 0 Å². The number of unbranched alkanes of at least 4 members (excludes halogenated alkanes) is 4. The minimum atomic E-state index is -0.0756. The zero-order valence-corrected chi connectivity index (χ0v) is 12.8. The number of rotatable bonds is 11. The topological polar surface area (TPSA) is 114 Å². The van der Waals surface area contributed by atoms with Crippen LogP contribution in [0.1, 0.15) is 38.5 Å². The second kappa shape index (κ2) is 12.4. The number of methoxy groups -OCH3 is 1. The molecule has 0 saturated carbocycles. The highest BCUT2D eigenvalue weighted by Gasteiger charge is 1.98. The zero-order valence-electron chi connectivity index (χ0n) is 12.8. The van der Waals surface area contributed by atoms with Gasteiger partial charge in [-0.2, -0.15) is 0 Å². The van der Waals surface area contributed by atoms with E-state index in [4.69, 9.17) is 21.1 Å². The predicted molar refractivity (Wildman–Crippen MR) is 85.1 cm³/mol. The Labute approximate surface area is 127 Å². The Morgan fingerprint density at radius 3 is 2.19 bits per heavy atom. The Kier molecular flexibility index (Phi) is 11.6. The molecule has 0 fully saturated rings. The summed E-state index contributed by atoms with van der Waals surface area (Å²) < 4.78 is 10.8. The van der Waals surface area contributed by atoms with E-state index in [9.17, 15) is 0 Å². The number of nitrogens with two attached hydrogens (primary N) is 2. The first-order valence-electron chi connectivity index (χ1n) is 7.25. The fourth-order valence-electron chi connectivity index (χ4n) is 1.94. The molecule has 0 spiro atoms. The fourth-order valence-corrected chi connectivity index (χ4v) is 1.94. The van der Waals surface area contributed by atoms with E-state index in [0.717, 1.165) is 37.4 Å². The van der Waals surface area contributed by atoms with Crippen molar-refractivity contribution in [3.8, 4) is 11.5 Å². The van der Waals surface area contributed by atoms with Gasteiger partial charge < -0.3 is 20.7 Å². The van der Waals surface area contributed by atoms with E-state index in [1.807, 2.05) is 24.3 Å². The van der Waals surface area contributed by atoms with Gasteiger partial charge in [0.2, 0.25) is 0 Å². The highest BCUT2D eigenvalue weighted by Crippen LogP contribution is 2.17. The quantitative estimate of drug-likeness (QED) is 0.247. The number of hydrogen-bond donors (Lipinski definition) is 3. The van der Waals surface area contributed by atoms with Crippen molar-refractivity contribution in [2.45, 2.75) is 44.7 Å². The Balaban J connectivity index is 0.00000400. The molecule has 0 saturated heterocycles. The van der Waals surface area contributed by atoms with E-state index in [1.54, 1.807) is 7.11 Å². The van der Waals surface area contributed by atoms with Crippen LogP contribution >= 0.6 is 0 Å². The maximum atomic E-state index is 5.67. The van der Waals surface area contributed by atoms with Crippen molar-refractivity contribution in [1.29, 1.82) is 0 Å². The standard InChI is InChI=1S/C15H27N3O2.H2O/c1-19-13-8-10-14(11-9-13)20-12-6-4-2-3-5-7-15(16)18-17;/h8-11,15,18H,2-7,12,16-17H2,1H3;1H2. The summed E-state index contributed by atoms with van der Waals surface area (Å²) in [7, 11) is 1.66. The molecule has 0 bridgehead atoms. The number of hydrogen-bond acceptors (Lipinski definition) is 5. The highest BCUT2D eigenvalue weighted by atomic mass is 16.5. The molecule has 7 N–H and O–H groups in total. The number of hydrazine groups is 1. The molecule has 1 aromatic rings. The Hall–Kier alpha value is -1.34. The largest absolute Gasteiger partial charge is 0.497 e. The highest BCUT2D eigenvalue weighted by molar-refractivity contribution is 5.31. The molecular formula is C15H29N3O3. The molecule has 1 aromatic carbocycles. The predicted octanol–water partition coefficient (Wildman–Crippen LogP) is 1.34. The summed E-state index contributed by atoms with van der Waals surface area (Å²) in [5.41, 5.74) is 8.21. The molecule has 122 valence electrons. The second-order valence-electron chi connectivity index (χ2n) is 4.85. The maximum absolute atomic E-state index is 5.67. The van der Waals surface area contributed by atoms with Crippen LogP contribution in [0.25, 0.3) is 0 Å². The molecule has 0 radical (unpaired) electrons. The van der Waals surface area contributed by atoms with E-state index in [2.05, 4.69) is 5.43 Å². The summed E-state index contributed by atoms with van der Waals surface area (Å²) in [6.07, 6.45) is 6.63. The summed E-state index contributed by atoms with van der Waals surface area (Å²) in [5.74, 6) is 6.97. The molecule has 21 heavy (non-hydrogen) atoms. The molecule has 0 amide bonds. The van der Waals surface area contributed by atoms with Crippen LogP contribution < -0.4 is 26.5 Å². The molecule has 1 rings (SSSR count). The van der Waals surface area contributed by atoms with Crippen molar-refractivity contribution in [2.24, 2.45) is 11.6 Å². The Morgan fingerprint density at radius 2 is 1.57 bits per heavy atom. The van der Waals surface area contributed by atoms with Gasteiger partial charge in [-0.05, 0) is 37.1 Å². The van der Waals surface area contributed by atoms with E-state index in [1.165, 1.54) is 19.3 Å². The van der Waals surface area contributed by atoms with Crippen molar-refractivity contribution < 1.29 is 14.9 Å². The van der Waals surface area contributed by atoms with Crippen LogP contribution in [0, 0.1) is 0 Å². The monoisotopic (exact) mass is 299 g/mol. The molecule has 6 heteroatoms. The first-order chi connectivity index (χ1) is 9.76. The lowest BCUT2D eigenvalue weighted by molar-refractivity contribution is 0.303. The van der Waals surface area contributed by atoms with Gasteiger partial charge in [0.1, 0.15) is 11.5 Å². The zero-order chi connectivity index (χ0) is 14.6. The van der Waals surface area contributed by atoms with Gasteiger partial charge in [0, 0.05) is 0 Å². The summed E-state index contributed by atoms with van der Waals surface area (Å²) in [6.45, 7) is 0.760. The molecule has 1 unspecified atom stereocenters. The lowest BCUT2D eigenvalue weighted by atomic mass is 10.1. The van der Waals surface area contributed by atoms with Crippen LogP contribution in [-0.4, -0.2) is 25.4 Å². The van der Waals surface area contributed by atoms with E-state index in [0.29, 0.717) is 0 Å². The lowest BCUT2D eigenvalue weighted by Gasteiger charge is -2.09. The van der Waals surface area contributed by atoms with E-state index < -0.39 is 0 Å². The number of ether oxygens (including phenoxy) is 2. The summed E-state index contributed by atoms with van der Waals surface area (Å²) in [5, 5.41) is 0. The number of nitrogens with one attached hydrogen (secondary N) is 1. The molecular weight excluding hydrogens is 270 g/mol. The van der Waals surface area contributed by atoms with Crippen LogP contribution in [0.5, 0.6) is 11.5 Å². The van der Waals surface area contributed by atoms with Gasteiger partial charge >= 0.3 is 0 Å². The first-order valence-corrected chi connectivity index (χ1v) is 7.25. The molecule has 1 atom stereocenters. The molecule has 0 heterocycles. The van der Waals surface area contributed by atoms with Crippen molar-refractivity contribution in [1.82, 2.24) is 5.43 Å². The third-order valence-electron chi connectivity index (χ3n) is 3.20. The molecule has 0 aliphatic rings. The molecule has 0 aliphatic carbocycles. The van der Waals surface area contributed by atoms with Gasteiger partial charge in [-0.15, -0.1) is 0 Å². The Bertz CT molecular complexity index is 347. The van der Waals surface area contributed by atoms with Crippen LogP contribution in [0.2, 0.25) is 0 Å². The SMILES string of the molecule is COc1ccc(OCCCCCCCC(N)NN)cc1.O. The summed E-state index contributed by atoms with van der Waals surface area (Å²) in [6, 6.07) is 7.67. The third kappa shape index (κ3) is 9.25. The average molecular weight is 299 g/mol. The van der Waals surface area contributed by atoms with Crippen LogP contribution in [0.3, 0.4) is 0 Å². The van der Waals surface area contributed by atoms with Gasteiger partial charge in [-0.1, -0.05) is 25.7 Å². The van der Waals surface area contributed by atoms with Crippen molar-refractivity contribution in [2.75, 3.05) is 13.7 Å². The average Bonchev–Trinajstić information content (AvgIpc) is 2.50. The smallest absolute Gasteiger partial charge is 0.119 e. The van der Waals surface area contributed by atoms with Gasteiger partial charge in [0.05, 0.1) is 19.9 Å². The Morgan fingerprint density at radius 1 is 1.00 bits per heavy atom. The maximum Gasteiger partial charge on any atom is 0.119 e. The van der Waals surface area contributed by atoms with Gasteiger partial charge in [-0.3, -0.25) is 5.84 Å². The van der Waals surface area contributed by atoms with Crippen molar-refractivity contribution >= 4 is 0 Å². The molecule has 6 nitrogen and oxygen atoms in total. The van der Waals surface area contributed by atoms with Crippen LogP contribution in [-0.2, 0) is 0 Å². The van der Waals surface area contributed by atoms with Crippen LogP contribution in [0.15, 0.2) is 24.3 Å². The molecule has 0 aromatic heterocycles. The first kappa shape index (κ1) is 19.7.